The van der Waals surface area contributed by atoms with Crippen molar-refractivity contribution in [1.29, 1.82) is 0 Å². The Morgan fingerprint density at radius 2 is 1.68 bits per heavy atom. The zero-order chi connectivity index (χ0) is 15.7. The van der Waals surface area contributed by atoms with Gasteiger partial charge in [0.25, 0.3) is 0 Å². The third-order valence-corrected chi connectivity index (χ3v) is 1.83. The molecule has 2 N–H and O–H groups in total. The second-order valence-corrected chi connectivity index (χ2v) is 5.23. The molecule has 0 aliphatic carbocycles. The highest BCUT2D eigenvalue weighted by Gasteiger charge is 2.07. The van der Waals surface area contributed by atoms with E-state index in [9.17, 15) is 4.79 Å². The average molecular weight is 271 g/mol. The molecule has 0 saturated carbocycles. The number of amides is 1. The molecule has 0 aliphatic heterocycles. The molecule has 4 heteroatoms. The number of carbonyl (C=O) groups is 1. The lowest BCUT2D eigenvalue weighted by atomic mass is 9.69. The first-order valence-corrected chi connectivity index (χ1v) is 7.45. The van der Waals surface area contributed by atoms with Crippen molar-refractivity contribution in [1.82, 2.24) is 5.32 Å². The van der Waals surface area contributed by atoms with E-state index in [0.717, 1.165) is 25.8 Å². The molecule has 0 aromatic heterocycles. The normalized spacial score (nSPS) is 9.63. The van der Waals surface area contributed by atoms with Gasteiger partial charge in [0, 0.05) is 19.6 Å². The van der Waals surface area contributed by atoms with Gasteiger partial charge in [0.05, 0.1) is 7.85 Å². The lowest BCUT2D eigenvalue weighted by Crippen LogP contribution is -2.21. The first-order chi connectivity index (χ1) is 8.78. The molecular formula is C15H34BNO2. The molecule has 3 nitrogen and oxygen atoms in total. The van der Waals surface area contributed by atoms with Crippen LogP contribution in [0.3, 0.4) is 0 Å². The fourth-order valence-corrected chi connectivity index (χ4v) is 1.05. The van der Waals surface area contributed by atoms with E-state index in [2.05, 4.69) is 19.2 Å². The second-order valence-electron chi connectivity index (χ2n) is 5.23. The highest BCUT2D eigenvalue weighted by Crippen LogP contribution is 2.24. The quantitative estimate of drug-likeness (QED) is 0.727. The highest BCUT2D eigenvalue weighted by atomic mass is 16.2. The summed E-state index contributed by atoms with van der Waals surface area (Å²) in [4.78, 5) is 10.5. The number of hydrogen-bond donors (Lipinski definition) is 2. The molecule has 0 bridgehead atoms. The van der Waals surface area contributed by atoms with Gasteiger partial charge in [-0.05, 0) is 19.8 Å². The van der Waals surface area contributed by atoms with Gasteiger partial charge in [-0.2, -0.15) is 0 Å². The summed E-state index contributed by atoms with van der Waals surface area (Å²) in [5.41, 5.74) is 0. The van der Waals surface area contributed by atoms with E-state index in [-0.39, 0.29) is 17.8 Å². The SMILES string of the molecule is CCC.CCCC(=O)NCC.[B]C(C)(C)CCCO. The van der Waals surface area contributed by atoms with Crippen molar-refractivity contribution >= 4 is 13.8 Å². The van der Waals surface area contributed by atoms with Crippen LogP contribution in [0, 0.1) is 0 Å². The lowest BCUT2D eigenvalue weighted by Gasteiger charge is -2.16. The molecule has 0 fully saturated rings. The van der Waals surface area contributed by atoms with Crippen LogP contribution >= 0.6 is 0 Å². The molecular weight excluding hydrogens is 237 g/mol. The molecule has 1 amide bonds. The Morgan fingerprint density at radius 3 is 1.89 bits per heavy atom. The third kappa shape index (κ3) is 38.1. The molecule has 114 valence electrons. The predicted molar refractivity (Wildman–Crippen MR) is 85.7 cm³/mol. The van der Waals surface area contributed by atoms with E-state index >= 15 is 0 Å². The van der Waals surface area contributed by atoms with Crippen LogP contribution in [0.5, 0.6) is 0 Å². The van der Waals surface area contributed by atoms with Crippen LogP contribution < -0.4 is 5.32 Å². The summed E-state index contributed by atoms with van der Waals surface area (Å²) in [7, 11) is 5.61. The monoisotopic (exact) mass is 271 g/mol. The predicted octanol–water partition coefficient (Wildman–Crippen LogP) is 3.46. The molecule has 0 spiro atoms. The summed E-state index contributed by atoms with van der Waals surface area (Å²) in [5, 5.41) is 11.0. The van der Waals surface area contributed by atoms with E-state index in [0.29, 0.717) is 6.42 Å². The standard InChI is InChI=1S/C6H13BO.C6H13NO.C3H8/c1-6(2,7)4-3-5-8;1-3-5-6(8)7-4-2;1-3-2/h8H,3-5H2,1-2H3;3-5H2,1-2H3,(H,7,8);3H2,1-2H3. The Labute approximate surface area is 122 Å². The minimum atomic E-state index is -0.108. The van der Waals surface area contributed by atoms with Crippen LogP contribution in [-0.4, -0.2) is 32.0 Å². The van der Waals surface area contributed by atoms with Gasteiger partial charge in [-0.25, -0.2) is 0 Å². The van der Waals surface area contributed by atoms with Crippen LogP contribution in [0.25, 0.3) is 0 Å². The first-order valence-electron chi connectivity index (χ1n) is 7.45. The molecule has 0 saturated heterocycles. The summed E-state index contributed by atoms with van der Waals surface area (Å²) in [5.74, 6) is 0.162. The van der Waals surface area contributed by atoms with E-state index < -0.39 is 0 Å². The number of aliphatic hydroxyl groups excluding tert-OH is 1. The van der Waals surface area contributed by atoms with Crippen LogP contribution in [0.15, 0.2) is 0 Å². The van der Waals surface area contributed by atoms with Gasteiger partial charge in [0.2, 0.25) is 5.91 Å². The molecule has 0 unspecified atom stereocenters. The van der Waals surface area contributed by atoms with Crippen molar-refractivity contribution in [2.24, 2.45) is 0 Å². The van der Waals surface area contributed by atoms with Crippen LogP contribution in [0.2, 0.25) is 5.31 Å². The van der Waals surface area contributed by atoms with Gasteiger partial charge in [-0.15, -0.1) is 0 Å². The molecule has 0 aromatic carbocycles. The third-order valence-electron chi connectivity index (χ3n) is 1.83. The smallest absolute Gasteiger partial charge is 0.219 e. The van der Waals surface area contributed by atoms with E-state index in [1.54, 1.807) is 0 Å². The zero-order valence-corrected chi connectivity index (χ0v) is 13.9. The van der Waals surface area contributed by atoms with Gasteiger partial charge in [-0.1, -0.05) is 52.8 Å². The lowest BCUT2D eigenvalue weighted by molar-refractivity contribution is -0.121. The summed E-state index contributed by atoms with van der Waals surface area (Å²) in [6.07, 6.45) is 4.55. The van der Waals surface area contributed by atoms with Crippen molar-refractivity contribution in [3.63, 3.8) is 0 Å². The van der Waals surface area contributed by atoms with Gasteiger partial charge < -0.3 is 10.4 Å². The molecule has 0 heterocycles. The van der Waals surface area contributed by atoms with Crippen molar-refractivity contribution in [3.8, 4) is 0 Å². The number of rotatable bonds is 6. The minimum absolute atomic E-state index is 0.108. The average Bonchev–Trinajstić information content (AvgIpc) is 2.28. The number of hydrogen-bond acceptors (Lipinski definition) is 2. The summed E-state index contributed by atoms with van der Waals surface area (Å²) < 4.78 is 0. The maximum atomic E-state index is 10.5. The van der Waals surface area contributed by atoms with Crippen molar-refractivity contribution in [3.05, 3.63) is 0 Å². The van der Waals surface area contributed by atoms with Crippen LogP contribution in [0.1, 0.15) is 73.6 Å². The summed E-state index contributed by atoms with van der Waals surface area (Å²) in [6.45, 7) is 13.1. The van der Waals surface area contributed by atoms with Crippen molar-refractivity contribution in [2.75, 3.05) is 13.2 Å². The van der Waals surface area contributed by atoms with E-state index in [1.165, 1.54) is 6.42 Å². The molecule has 0 aliphatic rings. The van der Waals surface area contributed by atoms with E-state index in [4.69, 9.17) is 13.0 Å². The summed E-state index contributed by atoms with van der Waals surface area (Å²) in [6, 6.07) is 0. The van der Waals surface area contributed by atoms with Gasteiger partial charge in [0.15, 0.2) is 0 Å². The Hall–Kier alpha value is -0.505. The Morgan fingerprint density at radius 1 is 1.21 bits per heavy atom. The molecule has 19 heavy (non-hydrogen) atoms. The topological polar surface area (TPSA) is 49.3 Å². The van der Waals surface area contributed by atoms with Crippen molar-refractivity contribution < 1.29 is 9.90 Å². The van der Waals surface area contributed by atoms with Gasteiger partial charge in [0.1, 0.15) is 0 Å². The Kier molecular flexibility index (Phi) is 21.7. The molecule has 0 atom stereocenters. The largest absolute Gasteiger partial charge is 0.396 e. The van der Waals surface area contributed by atoms with Gasteiger partial charge >= 0.3 is 0 Å². The second kappa shape index (κ2) is 17.5. The fourth-order valence-electron chi connectivity index (χ4n) is 1.05. The van der Waals surface area contributed by atoms with Gasteiger partial charge in [-0.3, -0.25) is 4.79 Å². The van der Waals surface area contributed by atoms with Crippen molar-refractivity contribution in [2.45, 2.75) is 79.0 Å². The van der Waals surface area contributed by atoms with Crippen LogP contribution in [-0.2, 0) is 4.79 Å². The number of carbonyl (C=O) groups excluding carboxylic acids is 1. The maximum Gasteiger partial charge on any atom is 0.219 e. The Balaban J connectivity index is -0.000000224. The summed E-state index contributed by atoms with van der Waals surface area (Å²) >= 11 is 0. The van der Waals surface area contributed by atoms with Crippen LogP contribution in [0.4, 0.5) is 0 Å². The van der Waals surface area contributed by atoms with E-state index in [1.807, 2.05) is 27.7 Å². The fraction of sp³-hybridized carbons (Fsp3) is 0.933. The molecule has 2 radical (unpaired) electrons. The number of aliphatic hydroxyl groups is 1. The zero-order valence-electron chi connectivity index (χ0n) is 13.9. The maximum absolute atomic E-state index is 10.5. The number of nitrogens with one attached hydrogen (secondary N) is 1. The molecule has 0 rings (SSSR count). The highest BCUT2D eigenvalue weighted by molar-refractivity contribution is 6.14. The first kappa shape index (κ1) is 23.6. The molecule has 0 aromatic rings. The Bertz CT molecular complexity index is 171. The minimum Gasteiger partial charge on any atom is -0.396 e.